The fourth-order valence-corrected chi connectivity index (χ4v) is 4.94. The van der Waals surface area contributed by atoms with E-state index in [9.17, 15) is 13.2 Å². The molecule has 2 aliphatic rings. The van der Waals surface area contributed by atoms with Gasteiger partial charge >= 0.3 is 0 Å². The van der Waals surface area contributed by atoms with Crippen molar-refractivity contribution in [3.05, 3.63) is 24.0 Å². The van der Waals surface area contributed by atoms with Crippen LogP contribution < -0.4 is 5.32 Å². The highest BCUT2D eigenvalue weighted by Gasteiger charge is 2.26. The Morgan fingerprint density at radius 3 is 2.45 bits per heavy atom. The first-order valence-corrected chi connectivity index (χ1v) is 12.4. The number of aromatic nitrogens is 2. The standard InChI is InChI=1S/C21H32N6O3S/c1-4-27-19-8-7-17(31(29,30)24(2)3)13-18(19)23-20(27)14-25-9-11-26(12-10-25)15-21(28)22-16-5-6-16/h7-8,13,16H,4-6,9-12,14-15H2,1-3H3,(H,22,28). The Hall–Kier alpha value is -2.01. The van der Waals surface area contributed by atoms with Crippen molar-refractivity contribution in [3.63, 3.8) is 0 Å². The summed E-state index contributed by atoms with van der Waals surface area (Å²) in [6.07, 6.45) is 2.22. The summed E-state index contributed by atoms with van der Waals surface area (Å²) >= 11 is 0. The number of carbonyl (C=O) groups is 1. The van der Waals surface area contributed by atoms with E-state index in [1.807, 2.05) is 6.07 Å². The van der Waals surface area contributed by atoms with E-state index in [2.05, 4.69) is 26.6 Å². The molecule has 1 amide bonds. The van der Waals surface area contributed by atoms with Gasteiger partial charge in [0.2, 0.25) is 15.9 Å². The first-order chi connectivity index (χ1) is 14.8. The van der Waals surface area contributed by atoms with Crippen molar-refractivity contribution in [2.24, 2.45) is 0 Å². The molecule has 4 rings (SSSR count). The molecule has 1 saturated carbocycles. The zero-order valence-electron chi connectivity index (χ0n) is 18.5. The van der Waals surface area contributed by atoms with Crippen LogP contribution in [0, 0.1) is 0 Å². The minimum atomic E-state index is -3.49. The molecule has 2 heterocycles. The SMILES string of the molecule is CCn1c(CN2CCN(CC(=O)NC3CC3)CC2)nc2cc(S(=O)(=O)N(C)C)ccc21. The average Bonchev–Trinajstić information content (AvgIpc) is 3.47. The van der Waals surface area contributed by atoms with Crippen LogP contribution in [-0.2, 0) is 27.9 Å². The lowest BCUT2D eigenvalue weighted by Gasteiger charge is -2.34. The van der Waals surface area contributed by atoms with Gasteiger partial charge in [0, 0.05) is 52.9 Å². The van der Waals surface area contributed by atoms with Crippen LogP contribution in [-0.4, -0.2) is 90.8 Å². The Bertz CT molecular complexity index is 1050. The van der Waals surface area contributed by atoms with Crippen LogP contribution in [0.1, 0.15) is 25.6 Å². The Kier molecular flexibility index (Phi) is 6.34. The molecule has 10 heteroatoms. The highest BCUT2D eigenvalue weighted by molar-refractivity contribution is 7.89. The highest BCUT2D eigenvalue weighted by Crippen LogP contribution is 2.23. The molecular formula is C21H32N6O3S. The maximum absolute atomic E-state index is 12.5. The molecule has 1 aromatic carbocycles. The van der Waals surface area contributed by atoms with Crippen molar-refractivity contribution in [3.8, 4) is 0 Å². The molecular weight excluding hydrogens is 416 g/mol. The molecule has 170 valence electrons. The number of rotatable bonds is 8. The van der Waals surface area contributed by atoms with E-state index in [4.69, 9.17) is 4.98 Å². The molecule has 1 N–H and O–H groups in total. The van der Waals surface area contributed by atoms with Crippen molar-refractivity contribution in [1.82, 2.24) is 29.0 Å². The van der Waals surface area contributed by atoms with Crippen LogP contribution in [0.2, 0.25) is 0 Å². The van der Waals surface area contributed by atoms with Crippen molar-refractivity contribution in [2.45, 2.75) is 43.8 Å². The van der Waals surface area contributed by atoms with Gasteiger partial charge in [-0.3, -0.25) is 14.6 Å². The lowest BCUT2D eigenvalue weighted by Crippen LogP contribution is -2.49. The number of aryl methyl sites for hydroxylation is 1. The van der Waals surface area contributed by atoms with Gasteiger partial charge in [-0.05, 0) is 38.0 Å². The van der Waals surface area contributed by atoms with E-state index >= 15 is 0 Å². The summed E-state index contributed by atoms with van der Waals surface area (Å²) in [6, 6.07) is 5.57. The molecule has 2 aromatic rings. The van der Waals surface area contributed by atoms with Crippen molar-refractivity contribution in [2.75, 3.05) is 46.8 Å². The number of nitrogens with one attached hydrogen (secondary N) is 1. The van der Waals surface area contributed by atoms with E-state index in [1.54, 1.807) is 12.1 Å². The van der Waals surface area contributed by atoms with Crippen LogP contribution in [0.4, 0.5) is 0 Å². The number of fused-ring (bicyclic) bond motifs is 1. The topological polar surface area (TPSA) is 90.8 Å². The summed E-state index contributed by atoms with van der Waals surface area (Å²) < 4.78 is 28.3. The molecule has 0 radical (unpaired) electrons. The fraction of sp³-hybridized carbons (Fsp3) is 0.619. The van der Waals surface area contributed by atoms with Gasteiger partial charge in [-0.1, -0.05) is 0 Å². The number of hydrogen-bond acceptors (Lipinski definition) is 6. The lowest BCUT2D eigenvalue weighted by atomic mass is 10.3. The number of imidazole rings is 1. The first-order valence-electron chi connectivity index (χ1n) is 10.9. The van der Waals surface area contributed by atoms with Crippen molar-refractivity contribution >= 4 is 27.0 Å². The number of benzene rings is 1. The number of sulfonamides is 1. The van der Waals surface area contributed by atoms with E-state index < -0.39 is 10.0 Å². The second-order valence-corrected chi connectivity index (χ2v) is 10.8. The predicted octanol–water partition coefficient (Wildman–Crippen LogP) is 0.703. The smallest absolute Gasteiger partial charge is 0.242 e. The number of nitrogens with zero attached hydrogens (tertiary/aromatic N) is 5. The molecule has 31 heavy (non-hydrogen) atoms. The van der Waals surface area contributed by atoms with Crippen LogP contribution in [0.5, 0.6) is 0 Å². The maximum Gasteiger partial charge on any atom is 0.242 e. The van der Waals surface area contributed by atoms with Gasteiger partial charge in [0.25, 0.3) is 0 Å². The number of carbonyl (C=O) groups excluding carboxylic acids is 1. The largest absolute Gasteiger partial charge is 0.352 e. The molecule has 1 saturated heterocycles. The van der Waals surface area contributed by atoms with Gasteiger partial charge in [0.1, 0.15) is 5.82 Å². The van der Waals surface area contributed by atoms with E-state index in [0.717, 1.165) is 56.9 Å². The molecule has 9 nitrogen and oxygen atoms in total. The van der Waals surface area contributed by atoms with E-state index in [0.29, 0.717) is 24.6 Å². The summed E-state index contributed by atoms with van der Waals surface area (Å²) in [4.78, 5) is 21.6. The predicted molar refractivity (Wildman–Crippen MR) is 119 cm³/mol. The number of amides is 1. The normalized spacial score (nSPS) is 18.7. The van der Waals surface area contributed by atoms with Crippen LogP contribution in [0.15, 0.2) is 23.1 Å². The summed E-state index contributed by atoms with van der Waals surface area (Å²) in [5.41, 5.74) is 1.65. The molecule has 0 bridgehead atoms. The highest BCUT2D eigenvalue weighted by atomic mass is 32.2. The van der Waals surface area contributed by atoms with Gasteiger partial charge in [0.05, 0.1) is 29.0 Å². The minimum Gasteiger partial charge on any atom is -0.352 e. The van der Waals surface area contributed by atoms with E-state index in [-0.39, 0.29) is 10.8 Å². The van der Waals surface area contributed by atoms with Gasteiger partial charge in [-0.2, -0.15) is 0 Å². The van der Waals surface area contributed by atoms with Crippen LogP contribution >= 0.6 is 0 Å². The Morgan fingerprint density at radius 1 is 1.16 bits per heavy atom. The zero-order chi connectivity index (χ0) is 22.2. The molecule has 0 unspecified atom stereocenters. The van der Waals surface area contributed by atoms with Gasteiger partial charge in [-0.15, -0.1) is 0 Å². The Morgan fingerprint density at radius 2 is 1.84 bits per heavy atom. The summed E-state index contributed by atoms with van der Waals surface area (Å²) in [6.45, 7) is 7.50. The zero-order valence-corrected chi connectivity index (χ0v) is 19.4. The molecule has 1 aliphatic heterocycles. The maximum atomic E-state index is 12.5. The minimum absolute atomic E-state index is 0.132. The van der Waals surface area contributed by atoms with Gasteiger partial charge in [0.15, 0.2) is 0 Å². The first kappa shape index (κ1) is 22.2. The van der Waals surface area contributed by atoms with Crippen molar-refractivity contribution < 1.29 is 13.2 Å². The van der Waals surface area contributed by atoms with Crippen molar-refractivity contribution in [1.29, 1.82) is 0 Å². The molecule has 1 aliphatic carbocycles. The van der Waals surface area contributed by atoms with Gasteiger partial charge < -0.3 is 9.88 Å². The summed E-state index contributed by atoms with van der Waals surface area (Å²) in [7, 11) is -0.425. The third-order valence-electron chi connectivity index (χ3n) is 6.03. The number of piperazine rings is 1. The second kappa shape index (κ2) is 8.85. The quantitative estimate of drug-likeness (QED) is 0.640. The monoisotopic (exact) mass is 448 g/mol. The van der Waals surface area contributed by atoms with Crippen LogP contribution in [0.3, 0.4) is 0 Å². The Balaban J connectivity index is 1.43. The third-order valence-corrected chi connectivity index (χ3v) is 7.84. The van der Waals surface area contributed by atoms with E-state index in [1.165, 1.54) is 18.4 Å². The molecule has 0 spiro atoms. The number of hydrogen-bond donors (Lipinski definition) is 1. The van der Waals surface area contributed by atoms with Gasteiger partial charge in [-0.25, -0.2) is 17.7 Å². The summed E-state index contributed by atoms with van der Waals surface area (Å²) in [5, 5.41) is 3.05. The Labute approximate surface area is 184 Å². The third kappa shape index (κ3) is 4.92. The lowest BCUT2D eigenvalue weighted by molar-refractivity contribution is -0.122. The second-order valence-electron chi connectivity index (χ2n) is 8.60. The van der Waals surface area contributed by atoms with Crippen LogP contribution in [0.25, 0.3) is 11.0 Å². The fourth-order valence-electron chi connectivity index (χ4n) is 4.01. The summed E-state index contributed by atoms with van der Waals surface area (Å²) in [5.74, 6) is 1.07. The molecule has 1 aromatic heterocycles. The molecule has 0 atom stereocenters. The molecule has 2 fully saturated rings. The average molecular weight is 449 g/mol.